The second-order valence-electron chi connectivity index (χ2n) is 8.18. The first-order chi connectivity index (χ1) is 17.6. The summed E-state index contributed by atoms with van der Waals surface area (Å²) in [5.41, 5.74) is -0.209. The summed E-state index contributed by atoms with van der Waals surface area (Å²) in [7, 11) is -4.39. The number of hydrogen-bond donors (Lipinski definition) is 1. The molecule has 7 nitrogen and oxygen atoms in total. The summed E-state index contributed by atoms with van der Waals surface area (Å²) in [5, 5.41) is 2.03. The lowest BCUT2D eigenvalue weighted by atomic mass is 10.2. The maximum atomic E-state index is 13.5. The van der Waals surface area contributed by atoms with Gasteiger partial charge in [0.15, 0.2) is 0 Å². The van der Waals surface area contributed by atoms with Crippen LogP contribution >= 0.6 is 11.6 Å². The highest BCUT2D eigenvalue weighted by molar-refractivity contribution is 7.92. The smallest absolute Gasteiger partial charge is 0.378 e. The van der Waals surface area contributed by atoms with Crippen molar-refractivity contribution < 1.29 is 31.1 Å². The van der Waals surface area contributed by atoms with Gasteiger partial charge in [-0.2, -0.15) is 13.2 Å². The Kier molecular flexibility index (Phi) is 7.96. The zero-order chi connectivity index (χ0) is 26.6. The molecule has 4 rings (SSSR count). The maximum Gasteiger partial charge on any atom is 0.417 e. The van der Waals surface area contributed by atoms with E-state index in [1.54, 1.807) is 18.2 Å². The minimum atomic E-state index is -4.82. The van der Waals surface area contributed by atoms with Gasteiger partial charge in [0.05, 0.1) is 34.4 Å². The van der Waals surface area contributed by atoms with Gasteiger partial charge in [-0.15, -0.1) is 0 Å². The molecule has 37 heavy (non-hydrogen) atoms. The van der Waals surface area contributed by atoms with Crippen LogP contribution in [0, 0.1) is 0 Å². The van der Waals surface area contributed by atoms with E-state index in [-0.39, 0.29) is 10.6 Å². The molecular formula is C25H23ClF3N3O4S. The quantitative estimate of drug-likeness (QED) is 0.444. The van der Waals surface area contributed by atoms with E-state index in [0.29, 0.717) is 29.3 Å². The molecule has 0 bridgehead atoms. The highest BCUT2D eigenvalue weighted by atomic mass is 35.5. The van der Waals surface area contributed by atoms with Crippen LogP contribution < -0.4 is 14.5 Å². The monoisotopic (exact) mass is 553 g/mol. The Morgan fingerprint density at radius 3 is 2.27 bits per heavy atom. The van der Waals surface area contributed by atoms with E-state index in [4.69, 9.17) is 16.3 Å². The molecular weight excluding hydrogens is 531 g/mol. The molecule has 12 heteroatoms. The van der Waals surface area contributed by atoms with E-state index in [2.05, 4.69) is 10.2 Å². The van der Waals surface area contributed by atoms with Crippen molar-refractivity contribution in [3.05, 3.63) is 83.4 Å². The number of alkyl halides is 3. The summed E-state index contributed by atoms with van der Waals surface area (Å²) < 4.78 is 73.2. The number of nitrogens with zero attached hydrogens (tertiary/aromatic N) is 2. The predicted molar refractivity (Wildman–Crippen MR) is 136 cm³/mol. The first-order valence-corrected chi connectivity index (χ1v) is 13.0. The van der Waals surface area contributed by atoms with Crippen molar-refractivity contribution in [1.29, 1.82) is 0 Å². The summed E-state index contributed by atoms with van der Waals surface area (Å²) >= 11 is 5.72. The van der Waals surface area contributed by atoms with E-state index < -0.39 is 39.2 Å². The van der Waals surface area contributed by atoms with Crippen LogP contribution in [-0.4, -0.2) is 47.2 Å². The first kappa shape index (κ1) is 26.8. The molecule has 1 heterocycles. The number of rotatable bonds is 7. The van der Waals surface area contributed by atoms with Crippen molar-refractivity contribution in [2.24, 2.45) is 0 Å². The van der Waals surface area contributed by atoms with Gasteiger partial charge in [-0.1, -0.05) is 29.8 Å². The fourth-order valence-corrected chi connectivity index (χ4v) is 5.49. The Bertz CT molecular complexity index is 1350. The molecule has 1 N–H and O–H groups in total. The minimum absolute atomic E-state index is 0.179. The fourth-order valence-electron chi connectivity index (χ4n) is 3.83. The Hall–Kier alpha value is -3.28. The van der Waals surface area contributed by atoms with Gasteiger partial charge in [0.25, 0.3) is 10.0 Å². The number of nitrogens with one attached hydrogen (secondary N) is 1. The van der Waals surface area contributed by atoms with Gasteiger partial charge in [-0.05, 0) is 54.6 Å². The maximum absolute atomic E-state index is 13.5. The van der Waals surface area contributed by atoms with Crippen LogP contribution in [-0.2, 0) is 25.7 Å². The normalized spacial score (nSPS) is 14.3. The molecule has 0 saturated carbocycles. The van der Waals surface area contributed by atoms with E-state index in [9.17, 15) is 26.4 Å². The number of ether oxygens (including phenoxy) is 1. The second-order valence-corrected chi connectivity index (χ2v) is 10.5. The number of benzene rings is 3. The number of morpholine rings is 1. The number of carbonyl (C=O) groups excluding carboxylic acids is 1. The number of anilines is 3. The zero-order valence-corrected chi connectivity index (χ0v) is 21.0. The third-order valence-electron chi connectivity index (χ3n) is 5.69. The molecule has 1 aliphatic rings. The third-order valence-corrected chi connectivity index (χ3v) is 7.81. The van der Waals surface area contributed by atoms with Crippen LogP contribution in [0.1, 0.15) is 5.56 Å². The molecule has 1 amide bonds. The molecule has 3 aromatic carbocycles. The van der Waals surface area contributed by atoms with Gasteiger partial charge in [0.1, 0.15) is 6.54 Å². The predicted octanol–water partition coefficient (Wildman–Crippen LogP) is 5.03. The van der Waals surface area contributed by atoms with Crippen molar-refractivity contribution in [2.45, 2.75) is 11.1 Å². The van der Waals surface area contributed by atoms with E-state index >= 15 is 0 Å². The van der Waals surface area contributed by atoms with E-state index in [1.165, 1.54) is 24.3 Å². The number of hydrogen-bond acceptors (Lipinski definition) is 5. The summed E-state index contributed by atoms with van der Waals surface area (Å²) in [4.78, 5) is 14.9. The summed E-state index contributed by atoms with van der Waals surface area (Å²) in [6.07, 6.45) is -4.82. The van der Waals surface area contributed by atoms with Gasteiger partial charge < -0.3 is 15.0 Å². The summed E-state index contributed by atoms with van der Waals surface area (Å²) in [6.45, 7) is 1.94. The number of sulfonamides is 1. The van der Waals surface area contributed by atoms with Crippen LogP contribution in [0.5, 0.6) is 0 Å². The Morgan fingerprint density at radius 1 is 1.00 bits per heavy atom. The molecule has 0 radical (unpaired) electrons. The highest BCUT2D eigenvalue weighted by Crippen LogP contribution is 2.38. The van der Waals surface area contributed by atoms with Crippen LogP contribution in [0.25, 0.3) is 0 Å². The Labute approximate surface area is 217 Å². The molecule has 0 unspecified atom stereocenters. The molecule has 0 aromatic heterocycles. The number of carbonyl (C=O) groups is 1. The van der Waals surface area contributed by atoms with Crippen molar-refractivity contribution in [2.75, 3.05) is 47.4 Å². The topological polar surface area (TPSA) is 79.0 Å². The SMILES string of the molecule is O=C(CN(c1ccc(Cl)c(C(F)(F)F)c1)S(=O)(=O)c1ccccc1)Nc1ccc(N2CCOCC2)cc1. The minimum Gasteiger partial charge on any atom is -0.378 e. The molecule has 1 aliphatic heterocycles. The van der Waals surface area contributed by atoms with Gasteiger partial charge in [0, 0.05) is 24.5 Å². The average Bonchev–Trinajstić information content (AvgIpc) is 2.88. The summed E-state index contributed by atoms with van der Waals surface area (Å²) in [5.74, 6) is -0.734. The first-order valence-electron chi connectivity index (χ1n) is 11.2. The standard InChI is InChI=1S/C25H23ClF3N3O4S/c26-23-11-10-20(16-22(23)25(27,28)29)32(37(34,35)21-4-2-1-3-5-21)17-24(33)30-18-6-8-19(9-7-18)31-12-14-36-15-13-31/h1-11,16H,12-15,17H2,(H,30,33). The lowest BCUT2D eigenvalue weighted by molar-refractivity contribution is -0.137. The van der Waals surface area contributed by atoms with E-state index in [0.717, 1.165) is 30.9 Å². The lowest BCUT2D eigenvalue weighted by Crippen LogP contribution is -2.38. The number of halogens is 4. The van der Waals surface area contributed by atoms with Crippen LogP contribution in [0.4, 0.5) is 30.2 Å². The molecule has 0 atom stereocenters. The lowest BCUT2D eigenvalue weighted by Gasteiger charge is -2.29. The molecule has 0 aliphatic carbocycles. The molecule has 3 aromatic rings. The highest BCUT2D eigenvalue weighted by Gasteiger charge is 2.35. The Balaban J connectivity index is 1.60. The van der Waals surface area contributed by atoms with Crippen molar-refractivity contribution in [3.63, 3.8) is 0 Å². The van der Waals surface area contributed by atoms with Crippen LogP contribution in [0.3, 0.4) is 0 Å². The van der Waals surface area contributed by atoms with Crippen molar-refractivity contribution >= 4 is 44.6 Å². The van der Waals surface area contributed by atoms with Gasteiger partial charge >= 0.3 is 6.18 Å². The van der Waals surface area contributed by atoms with E-state index in [1.807, 2.05) is 12.1 Å². The zero-order valence-electron chi connectivity index (χ0n) is 19.4. The fraction of sp³-hybridized carbons (Fsp3) is 0.240. The Morgan fingerprint density at radius 2 is 1.65 bits per heavy atom. The average molecular weight is 554 g/mol. The summed E-state index contributed by atoms with van der Waals surface area (Å²) in [6, 6.07) is 16.8. The van der Waals surface area contributed by atoms with Crippen LogP contribution in [0.2, 0.25) is 5.02 Å². The van der Waals surface area contributed by atoms with Crippen molar-refractivity contribution in [1.82, 2.24) is 0 Å². The van der Waals surface area contributed by atoms with Crippen molar-refractivity contribution in [3.8, 4) is 0 Å². The van der Waals surface area contributed by atoms with Gasteiger partial charge in [-0.3, -0.25) is 9.10 Å². The van der Waals surface area contributed by atoms with Crippen LogP contribution in [0.15, 0.2) is 77.7 Å². The third kappa shape index (κ3) is 6.35. The van der Waals surface area contributed by atoms with Gasteiger partial charge in [-0.25, -0.2) is 8.42 Å². The molecule has 1 fully saturated rings. The largest absolute Gasteiger partial charge is 0.417 e. The second kappa shape index (κ2) is 11.0. The number of amides is 1. The molecule has 0 spiro atoms. The van der Waals surface area contributed by atoms with Gasteiger partial charge in [0.2, 0.25) is 5.91 Å². The molecule has 196 valence electrons. The molecule has 1 saturated heterocycles.